The van der Waals surface area contributed by atoms with Gasteiger partial charge in [-0.25, -0.2) is 19.2 Å². The molecule has 1 aromatic carbocycles. The molecule has 8 nitrogen and oxygen atoms in total. The topological polar surface area (TPSA) is 106 Å². The number of halogens is 4. The van der Waals surface area contributed by atoms with Gasteiger partial charge in [0.25, 0.3) is 5.56 Å². The molecule has 3 rings (SSSR count). The number of carbonyl (C=O) groups is 1. The first-order valence-corrected chi connectivity index (χ1v) is 15.2. The van der Waals surface area contributed by atoms with Crippen molar-refractivity contribution in [3.8, 4) is 11.4 Å². The van der Waals surface area contributed by atoms with E-state index in [2.05, 4.69) is 49.1 Å². The molecule has 0 radical (unpaired) electrons. The van der Waals surface area contributed by atoms with E-state index in [9.17, 15) is 32.3 Å². The van der Waals surface area contributed by atoms with Gasteiger partial charge in [-0.15, -0.1) is 0 Å². The number of hydrogen-bond acceptors (Lipinski definition) is 5. The van der Waals surface area contributed by atoms with E-state index in [1.807, 2.05) is 0 Å². The summed E-state index contributed by atoms with van der Waals surface area (Å²) in [6.45, 7) is 12.2. The Morgan fingerprint density at radius 1 is 1.18 bits per heavy atom. The molecule has 2 heterocycles. The van der Waals surface area contributed by atoms with E-state index in [0.29, 0.717) is 24.2 Å². The lowest BCUT2D eigenvalue weighted by Crippen LogP contribution is -2.51. The number of aryl methyl sites for hydroxylation is 1. The van der Waals surface area contributed by atoms with Crippen LogP contribution in [-0.2, 0) is 17.1 Å². The minimum absolute atomic E-state index is 0.0734. The van der Waals surface area contributed by atoms with Crippen LogP contribution in [0.4, 0.5) is 22.4 Å². The summed E-state index contributed by atoms with van der Waals surface area (Å²) in [7, 11) is -2.28. The van der Waals surface area contributed by atoms with Crippen LogP contribution in [0.15, 0.2) is 41.6 Å². The Hall–Kier alpha value is -3.32. The third-order valence-electron chi connectivity index (χ3n) is 7.10. The van der Waals surface area contributed by atoms with Gasteiger partial charge in [-0.05, 0) is 55.1 Å². The van der Waals surface area contributed by atoms with Crippen molar-refractivity contribution in [2.45, 2.75) is 77.1 Å². The number of rotatable bonds is 8. The second-order valence-corrected chi connectivity index (χ2v) is 15.7. The summed E-state index contributed by atoms with van der Waals surface area (Å²) in [5.74, 6) is -1.09. The van der Waals surface area contributed by atoms with Gasteiger partial charge in [-0.2, -0.15) is 13.2 Å². The van der Waals surface area contributed by atoms with Crippen LogP contribution in [0.25, 0.3) is 22.2 Å². The molecule has 0 aliphatic heterocycles. The number of alkyl halides is 3. The fourth-order valence-electron chi connectivity index (χ4n) is 3.79. The largest absolute Gasteiger partial charge is 0.465 e. The Kier molecular flexibility index (Phi) is 8.56. The second-order valence-electron chi connectivity index (χ2n) is 11.0. The first-order valence-electron chi connectivity index (χ1n) is 12.3. The monoisotopic (exact) mass is 568 g/mol. The molecular formula is C26H32F4N4O4Si. The molecule has 0 spiro atoms. The van der Waals surface area contributed by atoms with Crippen molar-refractivity contribution in [3.63, 3.8) is 0 Å². The van der Waals surface area contributed by atoms with Gasteiger partial charge in [0.1, 0.15) is 5.82 Å². The van der Waals surface area contributed by atoms with E-state index >= 15 is 0 Å². The number of pyridine rings is 1. The fourth-order valence-corrected chi connectivity index (χ4v) is 5.22. The van der Waals surface area contributed by atoms with Crippen LogP contribution in [0.5, 0.6) is 0 Å². The third kappa shape index (κ3) is 7.01. The van der Waals surface area contributed by atoms with Crippen molar-refractivity contribution >= 4 is 25.2 Å². The van der Waals surface area contributed by atoms with E-state index in [1.54, 1.807) is 13.0 Å². The quantitative estimate of drug-likeness (QED) is 0.253. The van der Waals surface area contributed by atoms with E-state index < -0.39 is 49.7 Å². The maximum absolute atomic E-state index is 15.0. The number of carboxylic acid groups (broad SMARTS) is 1. The van der Waals surface area contributed by atoms with Gasteiger partial charge in [-0.1, -0.05) is 20.8 Å². The minimum Gasteiger partial charge on any atom is -0.465 e. The Morgan fingerprint density at radius 2 is 1.79 bits per heavy atom. The molecule has 1 amide bonds. The Labute approximate surface area is 224 Å². The lowest BCUT2D eigenvalue weighted by atomic mass is 10.1. The molecule has 2 atom stereocenters. The van der Waals surface area contributed by atoms with Gasteiger partial charge in [0.15, 0.2) is 14.1 Å². The summed E-state index contributed by atoms with van der Waals surface area (Å²) < 4.78 is 61.3. The lowest BCUT2D eigenvalue weighted by Gasteiger charge is -2.41. The number of aromatic nitrogens is 3. The highest BCUT2D eigenvalue weighted by Gasteiger charge is 2.40. The molecule has 2 unspecified atom stereocenters. The molecule has 0 saturated heterocycles. The van der Waals surface area contributed by atoms with Crippen molar-refractivity contribution in [1.82, 2.24) is 19.9 Å². The summed E-state index contributed by atoms with van der Waals surface area (Å²) in [4.78, 5) is 31.7. The normalized spacial score (nSPS) is 14.3. The molecule has 3 aromatic rings. The first-order chi connectivity index (χ1) is 17.9. The molecule has 0 fully saturated rings. The summed E-state index contributed by atoms with van der Waals surface area (Å²) in [6, 6.07) is 3.38. The van der Waals surface area contributed by atoms with Gasteiger partial charge in [-0.3, -0.25) is 4.79 Å². The number of hydrogen-bond donors (Lipinski definition) is 2. The highest BCUT2D eigenvalue weighted by atomic mass is 28.4. The molecule has 212 valence electrons. The maximum Gasteiger partial charge on any atom is 0.419 e. The highest BCUT2D eigenvalue weighted by molar-refractivity contribution is 6.74. The number of amides is 1. The first kappa shape index (κ1) is 30.2. The molecule has 39 heavy (non-hydrogen) atoms. The molecular weight excluding hydrogens is 536 g/mol. The van der Waals surface area contributed by atoms with Gasteiger partial charge >= 0.3 is 12.3 Å². The molecule has 2 aromatic heterocycles. The van der Waals surface area contributed by atoms with Crippen molar-refractivity contribution in [1.29, 1.82) is 0 Å². The minimum atomic E-state index is -4.62. The summed E-state index contributed by atoms with van der Waals surface area (Å²) in [5, 5.41) is 12.0. The van der Waals surface area contributed by atoms with Crippen molar-refractivity contribution in [3.05, 3.63) is 58.5 Å². The number of nitrogens with one attached hydrogen (secondary N) is 1. The smallest absolute Gasteiger partial charge is 0.419 e. The number of nitrogens with zero attached hydrogens (tertiary/aromatic N) is 3. The molecule has 0 aliphatic carbocycles. The molecule has 2 N–H and O–H groups in total. The van der Waals surface area contributed by atoms with E-state index in [1.165, 1.54) is 16.8 Å². The summed E-state index contributed by atoms with van der Waals surface area (Å²) >= 11 is 0. The van der Waals surface area contributed by atoms with Crippen LogP contribution in [0.3, 0.4) is 0 Å². The van der Waals surface area contributed by atoms with Crippen molar-refractivity contribution in [2.75, 3.05) is 0 Å². The fraction of sp³-hybridized carbons (Fsp3) is 0.462. The molecule has 0 bridgehead atoms. The van der Waals surface area contributed by atoms with E-state index in [4.69, 9.17) is 4.43 Å². The van der Waals surface area contributed by atoms with Crippen molar-refractivity contribution < 1.29 is 31.9 Å². The Morgan fingerprint density at radius 3 is 2.33 bits per heavy atom. The summed E-state index contributed by atoms with van der Waals surface area (Å²) in [5.41, 5.74) is -1.67. The Bertz CT molecular complexity index is 1400. The van der Waals surface area contributed by atoms with Gasteiger partial charge in [0.05, 0.1) is 28.7 Å². The zero-order valence-electron chi connectivity index (χ0n) is 22.6. The maximum atomic E-state index is 15.0. The average Bonchev–Trinajstić information content (AvgIpc) is 2.81. The standard InChI is InChI=1S/C26H32F4N4O4Si/c1-15(33-24(36)37)21(38-39(5,6)25(2,3)4)8-10-34-9-7-16-11-19(20(27)12-18(16)23(34)35)22-31-13-17(14-32-22)26(28,29)30/h7,9,11-15,21,33H,8,10H2,1-6H3,(H,36,37). The highest BCUT2D eigenvalue weighted by Crippen LogP contribution is 2.38. The lowest BCUT2D eigenvalue weighted by molar-refractivity contribution is -0.138. The predicted octanol–water partition coefficient (Wildman–Crippen LogP) is 6.05. The molecule has 0 aliphatic rings. The second kappa shape index (κ2) is 11.0. The molecule has 13 heteroatoms. The molecule has 0 saturated carbocycles. The number of benzene rings is 1. The number of fused-ring (bicyclic) bond motifs is 1. The zero-order valence-corrected chi connectivity index (χ0v) is 23.6. The SMILES string of the molecule is CC(NC(=O)O)C(CCn1ccc2cc(-c3ncc(C(F)(F)F)cn3)c(F)cc2c1=O)O[Si](C)(C)C(C)(C)C. The summed E-state index contributed by atoms with van der Waals surface area (Å²) in [6.07, 6.45) is -3.32. The van der Waals surface area contributed by atoms with E-state index in [-0.39, 0.29) is 28.4 Å². The van der Waals surface area contributed by atoms with Gasteiger partial charge in [0, 0.05) is 25.1 Å². The van der Waals surface area contributed by atoms with Crippen LogP contribution in [-0.4, -0.2) is 46.2 Å². The predicted molar refractivity (Wildman–Crippen MR) is 142 cm³/mol. The van der Waals surface area contributed by atoms with E-state index in [0.717, 1.165) is 6.07 Å². The third-order valence-corrected chi connectivity index (χ3v) is 11.6. The zero-order chi connectivity index (χ0) is 29.3. The van der Waals surface area contributed by atoms with Crippen LogP contribution >= 0.6 is 0 Å². The van der Waals surface area contributed by atoms with Crippen LogP contribution in [0.2, 0.25) is 18.1 Å². The average molecular weight is 569 g/mol. The van der Waals surface area contributed by atoms with Crippen LogP contribution in [0.1, 0.15) is 39.7 Å². The van der Waals surface area contributed by atoms with Crippen LogP contribution < -0.4 is 10.9 Å². The van der Waals surface area contributed by atoms with Crippen molar-refractivity contribution in [2.24, 2.45) is 0 Å². The van der Waals surface area contributed by atoms with Gasteiger partial charge in [0.2, 0.25) is 0 Å². The van der Waals surface area contributed by atoms with Crippen LogP contribution in [0, 0.1) is 5.82 Å². The Balaban J connectivity index is 1.90. The van der Waals surface area contributed by atoms with Gasteiger partial charge < -0.3 is 19.4 Å².